The Morgan fingerprint density at radius 1 is 1.45 bits per heavy atom. The summed E-state index contributed by atoms with van der Waals surface area (Å²) >= 11 is 0. The minimum Gasteiger partial charge on any atom is -0.499 e. The first kappa shape index (κ1) is 8.60. The van der Waals surface area contributed by atoms with Gasteiger partial charge in [0.15, 0.2) is 0 Å². The third-order valence-electron chi connectivity index (χ3n) is 1.76. The summed E-state index contributed by atoms with van der Waals surface area (Å²) in [5, 5.41) is 0. The summed E-state index contributed by atoms with van der Waals surface area (Å²) in [7, 11) is 0. The van der Waals surface area contributed by atoms with E-state index in [2.05, 4.69) is 11.0 Å². The minimum atomic E-state index is 0.308. The number of likely N-dealkylation sites (tertiary alicyclic amines) is 1. The van der Waals surface area contributed by atoms with Crippen molar-refractivity contribution in [2.45, 2.75) is 26.4 Å². The maximum absolute atomic E-state index is 5.25. The number of rotatable bonds is 4. The molecule has 0 aliphatic carbocycles. The van der Waals surface area contributed by atoms with Crippen molar-refractivity contribution >= 4 is 0 Å². The Morgan fingerprint density at radius 3 is 2.64 bits per heavy atom. The lowest BCUT2D eigenvalue weighted by atomic mass is 10.2. The molecule has 1 saturated heterocycles. The van der Waals surface area contributed by atoms with Crippen LogP contribution in [0.15, 0.2) is 12.3 Å². The molecular weight excluding hydrogens is 138 g/mol. The van der Waals surface area contributed by atoms with Crippen molar-refractivity contribution < 1.29 is 4.74 Å². The summed E-state index contributed by atoms with van der Waals surface area (Å²) in [4.78, 5) is 2.39. The van der Waals surface area contributed by atoms with E-state index in [0.29, 0.717) is 6.10 Å². The Labute approximate surface area is 68.8 Å². The Bertz CT molecular complexity index is 128. The Morgan fingerprint density at radius 2 is 2.18 bits per heavy atom. The van der Waals surface area contributed by atoms with E-state index >= 15 is 0 Å². The monoisotopic (exact) mass is 155 g/mol. The van der Waals surface area contributed by atoms with Gasteiger partial charge in [0, 0.05) is 6.54 Å². The normalized spacial score (nSPS) is 19.2. The summed E-state index contributed by atoms with van der Waals surface area (Å²) in [5.74, 6) is 0. The van der Waals surface area contributed by atoms with Gasteiger partial charge in [-0.2, -0.15) is 0 Å². The van der Waals surface area contributed by atoms with E-state index < -0.39 is 0 Å². The summed E-state index contributed by atoms with van der Waals surface area (Å²) < 4.78 is 5.25. The first-order chi connectivity index (χ1) is 5.29. The van der Waals surface area contributed by atoms with E-state index in [0.717, 1.165) is 6.54 Å². The molecule has 1 rings (SSSR count). The van der Waals surface area contributed by atoms with E-state index in [1.165, 1.54) is 19.5 Å². The molecule has 0 aromatic carbocycles. The fourth-order valence-corrected chi connectivity index (χ4v) is 0.969. The fourth-order valence-electron chi connectivity index (χ4n) is 0.969. The number of hydrogen-bond acceptors (Lipinski definition) is 2. The third-order valence-corrected chi connectivity index (χ3v) is 1.76. The van der Waals surface area contributed by atoms with E-state index in [1.54, 1.807) is 0 Å². The smallest absolute Gasteiger partial charge is 0.0922 e. The summed E-state index contributed by atoms with van der Waals surface area (Å²) in [6, 6.07) is 0. The van der Waals surface area contributed by atoms with Crippen molar-refractivity contribution in [3.8, 4) is 0 Å². The zero-order valence-electron chi connectivity index (χ0n) is 7.42. The zero-order chi connectivity index (χ0) is 8.10. The molecule has 0 amide bonds. The lowest BCUT2D eigenvalue weighted by Gasteiger charge is -2.29. The molecule has 0 saturated carbocycles. The lowest BCUT2D eigenvalue weighted by Crippen LogP contribution is -2.36. The van der Waals surface area contributed by atoms with Crippen LogP contribution in [-0.4, -0.2) is 30.6 Å². The Balaban J connectivity index is 1.96. The molecule has 0 aromatic heterocycles. The number of ether oxygens (including phenoxy) is 1. The first-order valence-corrected chi connectivity index (χ1v) is 4.32. The summed E-state index contributed by atoms with van der Waals surface area (Å²) in [6.07, 6.45) is 5.56. The summed E-state index contributed by atoms with van der Waals surface area (Å²) in [6.45, 7) is 7.63. The van der Waals surface area contributed by atoms with E-state index in [4.69, 9.17) is 4.74 Å². The first-order valence-electron chi connectivity index (χ1n) is 4.32. The molecule has 1 aliphatic heterocycles. The molecule has 1 heterocycles. The van der Waals surface area contributed by atoms with Crippen LogP contribution in [0.3, 0.4) is 0 Å². The Hall–Kier alpha value is -0.500. The summed E-state index contributed by atoms with van der Waals surface area (Å²) in [5.41, 5.74) is 0. The Kier molecular flexibility index (Phi) is 3.43. The van der Waals surface area contributed by atoms with Gasteiger partial charge in [-0.05, 0) is 39.4 Å². The largest absolute Gasteiger partial charge is 0.499 e. The van der Waals surface area contributed by atoms with Crippen LogP contribution in [0, 0.1) is 0 Å². The van der Waals surface area contributed by atoms with Crippen molar-refractivity contribution in [3.05, 3.63) is 12.3 Å². The second-order valence-corrected chi connectivity index (χ2v) is 3.21. The molecule has 11 heavy (non-hydrogen) atoms. The molecular formula is C9H17NO. The zero-order valence-corrected chi connectivity index (χ0v) is 7.42. The van der Waals surface area contributed by atoms with Gasteiger partial charge in [-0.15, -0.1) is 0 Å². The average molecular weight is 155 g/mol. The molecule has 1 fully saturated rings. The molecule has 0 radical (unpaired) electrons. The molecule has 2 heteroatoms. The number of nitrogens with zero attached hydrogens (tertiary/aromatic N) is 1. The van der Waals surface area contributed by atoms with Gasteiger partial charge in [0.05, 0.1) is 12.4 Å². The second-order valence-electron chi connectivity index (χ2n) is 3.21. The van der Waals surface area contributed by atoms with Crippen LogP contribution >= 0.6 is 0 Å². The van der Waals surface area contributed by atoms with Crippen molar-refractivity contribution in [1.82, 2.24) is 4.90 Å². The fraction of sp³-hybridized carbons (Fsp3) is 0.778. The van der Waals surface area contributed by atoms with Crippen LogP contribution < -0.4 is 0 Å². The van der Waals surface area contributed by atoms with Gasteiger partial charge in [0.1, 0.15) is 0 Å². The van der Waals surface area contributed by atoms with Crippen LogP contribution in [-0.2, 0) is 4.74 Å². The molecule has 0 aromatic rings. The molecule has 0 unspecified atom stereocenters. The van der Waals surface area contributed by atoms with Gasteiger partial charge in [-0.3, -0.25) is 4.90 Å². The molecule has 0 bridgehead atoms. The molecule has 0 N–H and O–H groups in total. The standard InChI is InChI=1S/C9H17NO/c1-9(2)11-8-4-7-10-5-3-6-10/h4,8-9H,3,5-7H2,1-2H3/b8-4+. The lowest BCUT2D eigenvalue weighted by molar-refractivity contribution is 0.171. The molecule has 2 nitrogen and oxygen atoms in total. The van der Waals surface area contributed by atoms with Crippen molar-refractivity contribution in [2.75, 3.05) is 19.6 Å². The highest BCUT2D eigenvalue weighted by Crippen LogP contribution is 2.04. The minimum absolute atomic E-state index is 0.308. The second kappa shape index (κ2) is 4.39. The molecule has 0 spiro atoms. The molecule has 0 atom stereocenters. The van der Waals surface area contributed by atoms with Crippen LogP contribution in [0.5, 0.6) is 0 Å². The quantitative estimate of drug-likeness (QED) is 0.572. The van der Waals surface area contributed by atoms with Gasteiger partial charge >= 0.3 is 0 Å². The highest BCUT2D eigenvalue weighted by Gasteiger charge is 2.10. The number of hydrogen-bond donors (Lipinski definition) is 0. The average Bonchev–Trinajstić information content (AvgIpc) is 1.82. The predicted molar refractivity (Wildman–Crippen MR) is 46.4 cm³/mol. The van der Waals surface area contributed by atoms with E-state index in [-0.39, 0.29) is 0 Å². The van der Waals surface area contributed by atoms with Crippen LogP contribution in [0.1, 0.15) is 20.3 Å². The van der Waals surface area contributed by atoms with Gasteiger partial charge in [-0.1, -0.05) is 0 Å². The third kappa shape index (κ3) is 3.42. The highest BCUT2D eigenvalue weighted by atomic mass is 16.5. The van der Waals surface area contributed by atoms with Crippen molar-refractivity contribution in [3.63, 3.8) is 0 Å². The predicted octanol–water partition coefficient (Wildman–Crippen LogP) is 1.63. The van der Waals surface area contributed by atoms with Crippen LogP contribution in [0.25, 0.3) is 0 Å². The van der Waals surface area contributed by atoms with Crippen LogP contribution in [0.4, 0.5) is 0 Å². The van der Waals surface area contributed by atoms with E-state index in [1.807, 2.05) is 20.1 Å². The highest BCUT2D eigenvalue weighted by molar-refractivity contribution is 4.82. The van der Waals surface area contributed by atoms with Crippen molar-refractivity contribution in [2.24, 2.45) is 0 Å². The SMILES string of the molecule is CC(C)O/C=C/CN1CCC1. The maximum atomic E-state index is 5.25. The molecule has 1 aliphatic rings. The van der Waals surface area contributed by atoms with Crippen LogP contribution in [0.2, 0.25) is 0 Å². The van der Waals surface area contributed by atoms with Gasteiger partial charge in [0.25, 0.3) is 0 Å². The van der Waals surface area contributed by atoms with Crippen molar-refractivity contribution in [1.29, 1.82) is 0 Å². The van der Waals surface area contributed by atoms with Gasteiger partial charge in [0.2, 0.25) is 0 Å². The molecule has 64 valence electrons. The van der Waals surface area contributed by atoms with Gasteiger partial charge < -0.3 is 4.74 Å². The van der Waals surface area contributed by atoms with Gasteiger partial charge in [-0.25, -0.2) is 0 Å². The van der Waals surface area contributed by atoms with E-state index in [9.17, 15) is 0 Å². The maximum Gasteiger partial charge on any atom is 0.0922 e. The topological polar surface area (TPSA) is 12.5 Å².